The van der Waals surface area contributed by atoms with Gasteiger partial charge in [0.2, 0.25) is 5.91 Å². The zero-order chi connectivity index (χ0) is 16.7. The normalized spacial score (nSPS) is 16.6. The number of methoxy groups -OCH3 is 1. The van der Waals surface area contributed by atoms with Gasteiger partial charge in [0.05, 0.1) is 12.5 Å². The Morgan fingerprint density at radius 3 is 2.65 bits per heavy atom. The maximum atomic E-state index is 12.9. The molecule has 2 rings (SSSR count). The van der Waals surface area contributed by atoms with Crippen LogP contribution in [0.5, 0.6) is 0 Å². The number of hydrogen-bond acceptors (Lipinski definition) is 3. The van der Waals surface area contributed by atoms with E-state index in [0.29, 0.717) is 24.4 Å². The molecule has 1 N–H and O–H groups in total. The number of rotatable bonds is 6. The van der Waals surface area contributed by atoms with Crippen LogP contribution in [0.4, 0.5) is 0 Å². The molecule has 0 heterocycles. The molecular weight excluding hydrogens is 314 g/mol. The summed E-state index contributed by atoms with van der Waals surface area (Å²) in [5, 5.41) is 3.66. The molecule has 126 valence electrons. The van der Waals surface area contributed by atoms with Crippen molar-refractivity contribution in [2.45, 2.75) is 50.4 Å². The lowest BCUT2D eigenvalue weighted by molar-refractivity contribution is -0.141. The minimum absolute atomic E-state index is 0.0457. The molecule has 0 aromatic heterocycles. The van der Waals surface area contributed by atoms with E-state index in [4.69, 9.17) is 11.6 Å². The monoisotopic (exact) mass is 337 g/mol. The van der Waals surface area contributed by atoms with Crippen molar-refractivity contribution in [1.29, 1.82) is 0 Å². The zero-order valence-electron chi connectivity index (χ0n) is 13.6. The highest BCUT2D eigenvalue weighted by Crippen LogP contribution is 2.40. The molecule has 1 aliphatic carbocycles. The van der Waals surface area contributed by atoms with Gasteiger partial charge in [-0.15, -0.1) is 0 Å². The Balaban J connectivity index is 2.06. The van der Waals surface area contributed by atoms with Crippen molar-refractivity contribution in [2.75, 3.05) is 13.7 Å². The molecule has 5 heteroatoms. The van der Waals surface area contributed by atoms with Crippen molar-refractivity contribution in [3.05, 3.63) is 34.9 Å². The Bertz CT molecular complexity index is 553. The third kappa shape index (κ3) is 4.47. The SMILES string of the molecule is COC(=O)CCCNC(=O)C1(c2cccc(Cl)c2)CCCCC1. The number of ether oxygens (including phenoxy) is 1. The second kappa shape index (κ2) is 8.34. The first kappa shape index (κ1) is 17.8. The van der Waals surface area contributed by atoms with Crippen LogP contribution in [-0.4, -0.2) is 25.5 Å². The van der Waals surface area contributed by atoms with Gasteiger partial charge in [0, 0.05) is 18.0 Å². The molecule has 1 aromatic rings. The van der Waals surface area contributed by atoms with E-state index in [1.165, 1.54) is 7.11 Å². The number of halogens is 1. The Hall–Kier alpha value is -1.55. The van der Waals surface area contributed by atoms with Gasteiger partial charge in [0.25, 0.3) is 0 Å². The number of hydrogen-bond donors (Lipinski definition) is 1. The van der Waals surface area contributed by atoms with E-state index in [0.717, 1.165) is 37.7 Å². The summed E-state index contributed by atoms with van der Waals surface area (Å²) in [6.07, 6.45) is 5.85. The van der Waals surface area contributed by atoms with Gasteiger partial charge in [-0.2, -0.15) is 0 Å². The summed E-state index contributed by atoms with van der Waals surface area (Å²) in [5.74, 6) is -0.203. The lowest BCUT2D eigenvalue weighted by Gasteiger charge is -2.36. The van der Waals surface area contributed by atoms with E-state index >= 15 is 0 Å². The second-order valence-corrected chi connectivity index (χ2v) is 6.53. The first-order valence-electron chi connectivity index (χ1n) is 8.20. The van der Waals surface area contributed by atoms with Gasteiger partial charge in [0.15, 0.2) is 0 Å². The molecule has 1 fully saturated rings. The quantitative estimate of drug-likeness (QED) is 0.637. The van der Waals surface area contributed by atoms with Crippen LogP contribution < -0.4 is 5.32 Å². The summed E-state index contributed by atoms with van der Waals surface area (Å²) in [4.78, 5) is 24.0. The lowest BCUT2D eigenvalue weighted by atomic mass is 9.68. The molecule has 0 aliphatic heterocycles. The van der Waals surface area contributed by atoms with Gasteiger partial charge < -0.3 is 10.1 Å². The number of carbonyl (C=O) groups is 2. The molecule has 4 nitrogen and oxygen atoms in total. The summed E-state index contributed by atoms with van der Waals surface area (Å²) >= 11 is 6.13. The maximum absolute atomic E-state index is 12.9. The van der Waals surface area contributed by atoms with Gasteiger partial charge >= 0.3 is 5.97 Å². The minimum atomic E-state index is -0.492. The smallest absolute Gasteiger partial charge is 0.305 e. The van der Waals surface area contributed by atoms with E-state index in [2.05, 4.69) is 10.1 Å². The summed E-state index contributed by atoms with van der Waals surface area (Å²) in [6, 6.07) is 7.63. The van der Waals surface area contributed by atoms with E-state index in [9.17, 15) is 9.59 Å². The third-order valence-corrected chi connectivity index (χ3v) is 4.82. The third-order valence-electron chi connectivity index (χ3n) is 4.59. The minimum Gasteiger partial charge on any atom is -0.469 e. The molecule has 0 radical (unpaired) electrons. The van der Waals surface area contributed by atoms with E-state index < -0.39 is 5.41 Å². The molecule has 1 amide bonds. The average molecular weight is 338 g/mol. The first-order valence-corrected chi connectivity index (χ1v) is 8.57. The van der Waals surface area contributed by atoms with Crippen molar-refractivity contribution in [2.24, 2.45) is 0 Å². The van der Waals surface area contributed by atoms with Crippen LogP contribution in [0, 0.1) is 0 Å². The zero-order valence-corrected chi connectivity index (χ0v) is 14.3. The Morgan fingerprint density at radius 2 is 2.00 bits per heavy atom. The van der Waals surface area contributed by atoms with E-state index in [1.54, 1.807) is 0 Å². The predicted octanol–water partition coefficient (Wildman–Crippen LogP) is 3.61. The van der Waals surface area contributed by atoms with E-state index in [-0.39, 0.29) is 11.9 Å². The van der Waals surface area contributed by atoms with Gasteiger partial charge in [-0.05, 0) is 37.0 Å². The molecule has 0 saturated heterocycles. The van der Waals surface area contributed by atoms with Crippen LogP contribution in [0.1, 0.15) is 50.5 Å². The number of amides is 1. The van der Waals surface area contributed by atoms with Gasteiger partial charge in [0.1, 0.15) is 0 Å². The van der Waals surface area contributed by atoms with Crippen LogP contribution >= 0.6 is 11.6 Å². The standard InChI is InChI=1S/C18H24ClNO3/c1-23-16(21)9-6-12-20-17(22)18(10-3-2-4-11-18)14-7-5-8-15(19)13-14/h5,7-8,13H,2-4,6,9-12H2,1H3,(H,20,22). The Kier molecular flexibility index (Phi) is 6.46. The molecule has 1 aromatic carbocycles. The molecule has 1 aliphatic rings. The van der Waals surface area contributed by atoms with Gasteiger partial charge in [-0.3, -0.25) is 9.59 Å². The van der Waals surface area contributed by atoms with Crippen LogP contribution in [0.25, 0.3) is 0 Å². The van der Waals surface area contributed by atoms with E-state index in [1.807, 2.05) is 24.3 Å². The van der Waals surface area contributed by atoms with Crippen molar-refractivity contribution in [1.82, 2.24) is 5.32 Å². The highest BCUT2D eigenvalue weighted by molar-refractivity contribution is 6.30. The fraction of sp³-hybridized carbons (Fsp3) is 0.556. The Labute approximate surface area is 142 Å². The van der Waals surface area contributed by atoms with Crippen LogP contribution in [0.15, 0.2) is 24.3 Å². The molecule has 0 unspecified atom stereocenters. The van der Waals surface area contributed by atoms with Crippen LogP contribution in [0.3, 0.4) is 0 Å². The van der Waals surface area contributed by atoms with Gasteiger partial charge in [-0.25, -0.2) is 0 Å². The molecule has 23 heavy (non-hydrogen) atoms. The number of carbonyl (C=O) groups excluding carboxylic acids is 2. The summed E-state index contributed by atoms with van der Waals surface area (Å²) in [7, 11) is 1.37. The summed E-state index contributed by atoms with van der Waals surface area (Å²) in [5.41, 5.74) is 0.504. The van der Waals surface area contributed by atoms with Crippen molar-refractivity contribution < 1.29 is 14.3 Å². The van der Waals surface area contributed by atoms with Crippen LogP contribution in [-0.2, 0) is 19.7 Å². The number of esters is 1. The molecule has 0 atom stereocenters. The molecule has 0 spiro atoms. The average Bonchev–Trinajstić information content (AvgIpc) is 2.58. The summed E-state index contributed by atoms with van der Waals surface area (Å²) in [6.45, 7) is 0.482. The second-order valence-electron chi connectivity index (χ2n) is 6.09. The number of nitrogens with one attached hydrogen (secondary N) is 1. The summed E-state index contributed by atoms with van der Waals surface area (Å²) < 4.78 is 4.61. The largest absolute Gasteiger partial charge is 0.469 e. The lowest BCUT2D eigenvalue weighted by Crippen LogP contribution is -2.46. The van der Waals surface area contributed by atoms with Crippen molar-refractivity contribution in [3.63, 3.8) is 0 Å². The topological polar surface area (TPSA) is 55.4 Å². The predicted molar refractivity (Wildman–Crippen MR) is 90.5 cm³/mol. The van der Waals surface area contributed by atoms with Gasteiger partial charge in [-0.1, -0.05) is 43.0 Å². The molecule has 1 saturated carbocycles. The first-order chi connectivity index (χ1) is 11.1. The highest BCUT2D eigenvalue weighted by Gasteiger charge is 2.40. The fourth-order valence-electron chi connectivity index (χ4n) is 3.29. The maximum Gasteiger partial charge on any atom is 0.305 e. The molecule has 0 bridgehead atoms. The highest BCUT2D eigenvalue weighted by atomic mass is 35.5. The van der Waals surface area contributed by atoms with Crippen LogP contribution in [0.2, 0.25) is 5.02 Å². The fourth-order valence-corrected chi connectivity index (χ4v) is 3.48. The number of benzene rings is 1. The Morgan fingerprint density at radius 1 is 1.26 bits per heavy atom. The van der Waals surface area contributed by atoms with Crippen molar-refractivity contribution >= 4 is 23.5 Å². The molecular formula is C18H24ClNO3. The van der Waals surface area contributed by atoms with Crippen molar-refractivity contribution in [3.8, 4) is 0 Å².